The van der Waals surface area contributed by atoms with Crippen LogP contribution in [-0.4, -0.2) is 32.8 Å². The minimum atomic E-state index is -2.45. The highest BCUT2D eigenvalue weighted by molar-refractivity contribution is 7.99. The normalized spacial score (nSPS) is 10.9. The van der Waals surface area contributed by atoms with E-state index in [-0.39, 0.29) is 12.5 Å². The third-order valence-electron chi connectivity index (χ3n) is 2.37. The molecule has 2 aromatic rings. The number of carbonyl (C=O) groups excluding carboxylic acids is 1. The topological polar surface area (TPSA) is 59.8 Å². The number of nitrogens with zero attached hydrogens (tertiary/aromatic N) is 3. The lowest BCUT2D eigenvalue weighted by Gasteiger charge is -2.12. The Labute approximate surface area is 128 Å². The fraction of sp³-hybridized carbons (Fsp3) is 0.250. The molecule has 0 unspecified atom stereocenters. The summed E-state index contributed by atoms with van der Waals surface area (Å²) in [5.74, 6) is -0.739. The third-order valence-corrected chi connectivity index (χ3v) is 3.94. The van der Waals surface area contributed by atoms with E-state index >= 15 is 0 Å². The number of hydrogen-bond acceptors (Lipinski definition) is 4. The van der Waals surface area contributed by atoms with Crippen molar-refractivity contribution in [3.8, 4) is 0 Å². The molecule has 0 fully saturated rings. The molecule has 1 heterocycles. The summed E-state index contributed by atoms with van der Waals surface area (Å²) in [7, 11) is 0. The molecule has 0 saturated carbocycles. The molecule has 0 spiro atoms. The van der Waals surface area contributed by atoms with Crippen molar-refractivity contribution in [1.82, 2.24) is 14.8 Å². The Morgan fingerprint density at radius 2 is 2.29 bits per heavy atom. The zero-order chi connectivity index (χ0) is 15.2. The molecule has 5 nitrogen and oxygen atoms in total. The summed E-state index contributed by atoms with van der Waals surface area (Å²) in [4.78, 5) is 16.0. The van der Waals surface area contributed by atoms with E-state index in [0.29, 0.717) is 15.6 Å². The van der Waals surface area contributed by atoms with Crippen molar-refractivity contribution in [2.45, 2.75) is 17.9 Å². The van der Waals surface area contributed by atoms with Gasteiger partial charge in [0, 0.05) is 4.90 Å². The van der Waals surface area contributed by atoms with E-state index in [9.17, 15) is 13.6 Å². The number of carbonyl (C=O) groups is 1. The van der Waals surface area contributed by atoms with Gasteiger partial charge in [0.1, 0.15) is 19.2 Å². The average molecular weight is 333 g/mol. The number of anilines is 1. The van der Waals surface area contributed by atoms with Crippen LogP contribution in [0.15, 0.2) is 35.7 Å². The Kier molecular flexibility index (Phi) is 5.51. The maximum absolute atomic E-state index is 12.3. The van der Waals surface area contributed by atoms with Crippen LogP contribution in [-0.2, 0) is 11.3 Å². The van der Waals surface area contributed by atoms with Crippen LogP contribution >= 0.6 is 23.4 Å². The highest BCUT2D eigenvalue weighted by Gasteiger charge is 2.13. The van der Waals surface area contributed by atoms with Crippen LogP contribution in [0.25, 0.3) is 0 Å². The number of benzene rings is 1. The molecule has 1 aromatic heterocycles. The molecular formula is C12H11ClF2N4OS. The second kappa shape index (κ2) is 7.37. The fourth-order valence-electron chi connectivity index (χ4n) is 1.55. The van der Waals surface area contributed by atoms with Gasteiger partial charge < -0.3 is 5.32 Å². The summed E-state index contributed by atoms with van der Waals surface area (Å²) >= 11 is 6.89. The van der Waals surface area contributed by atoms with E-state index in [1.165, 1.54) is 17.3 Å². The molecular weight excluding hydrogens is 322 g/mol. The van der Waals surface area contributed by atoms with Crippen LogP contribution in [0.3, 0.4) is 0 Å². The minimum absolute atomic E-state index is 0.0224. The van der Waals surface area contributed by atoms with E-state index in [1.807, 2.05) is 0 Å². The number of thioether (sulfide) groups is 1. The molecule has 112 valence electrons. The lowest BCUT2D eigenvalue weighted by Crippen LogP contribution is -2.19. The average Bonchev–Trinajstić information content (AvgIpc) is 2.90. The molecule has 9 heteroatoms. The molecule has 21 heavy (non-hydrogen) atoms. The molecule has 0 saturated heterocycles. The van der Waals surface area contributed by atoms with Crippen molar-refractivity contribution in [3.05, 3.63) is 35.9 Å². The first-order valence-electron chi connectivity index (χ1n) is 5.88. The van der Waals surface area contributed by atoms with Crippen molar-refractivity contribution in [1.29, 1.82) is 0 Å². The zero-order valence-corrected chi connectivity index (χ0v) is 12.2. The van der Waals surface area contributed by atoms with E-state index in [4.69, 9.17) is 11.6 Å². The fourth-order valence-corrected chi connectivity index (χ4v) is 2.66. The summed E-state index contributed by atoms with van der Waals surface area (Å²) in [6.07, 6.45) is 0.269. The number of rotatable bonds is 6. The van der Waals surface area contributed by atoms with E-state index < -0.39 is 12.2 Å². The van der Waals surface area contributed by atoms with Crippen LogP contribution in [0, 0.1) is 0 Å². The predicted molar refractivity (Wildman–Crippen MR) is 76.8 cm³/mol. The lowest BCUT2D eigenvalue weighted by molar-refractivity contribution is -0.116. The van der Waals surface area contributed by atoms with Gasteiger partial charge in [0.05, 0.1) is 16.5 Å². The summed E-state index contributed by atoms with van der Waals surface area (Å²) in [6.45, 7) is -0.0224. The highest BCUT2D eigenvalue weighted by Crippen LogP contribution is 2.35. The minimum Gasteiger partial charge on any atom is -0.323 e. The zero-order valence-electron chi connectivity index (χ0n) is 10.7. The second-order valence-electron chi connectivity index (χ2n) is 3.96. The van der Waals surface area contributed by atoms with Gasteiger partial charge in [-0.2, -0.15) is 5.10 Å². The summed E-state index contributed by atoms with van der Waals surface area (Å²) in [5, 5.41) is 6.77. The number of alkyl halides is 2. The van der Waals surface area contributed by atoms with Gasteiger partial charge >= 0.3 is 0 Å². The Balaban J connectivity index is 2.08. The van der Waals surface area contributed by atoms with Gasteiger partial charge in [-0.05, 0) is 12.1 Å². The number of halogens is 3. The van der Waals surface area contributed by atoms with Crippen molar-refractivity contribution >= 4 is 35.0 Å². The van der Waals surface area contributed by atoms with Crippen molar-refractivity contribution in [2.24, 2.45) is 0 Å². The number of amides is 1. The Morgan fingerprint density at radius 3 is 2.95 bits per heavy atom. The van der Waals surface area contributed by atoms with Gasteiger partial charge in [0.25, 0.3) is 0 Å². The smallest absolute Gasteiger partial charge is 0.247 e. The molecule has 0 aliphatic carbocycles. The summed E-state index contributed by atoms with van der Waals surface area (Å²) in [5.41, 5.74) is 0.401. The first-order chi connectivity index (χ1) is 10.1. The molecule has 1 amide bonds. The van der Waals surface area contributed by atoms with Gasteiger partial charge in [0.15, 0.2) is 0 Å². The van der Waals surface area contributed by atoms with Gasteiger partial charge in [-0.25, -0.2) is 18.4 Å². The standard InChI is InChI=1S/C12H11ClF2N4OS/c13-8-2-1-3-9(12(8)21-5-10(14)15)18-11(20)4-19-7-16-6-17-19/h1-3,6-7,10H,4-5H2,(H,18,20). The van der Waals surface area contributed by atoms with Crippen molar-refractivity contribution in [3.63, 3.8) is 0 Å². The quantitative estimate of drug-likeness (QED) is 0.826. The van der Waals surface area contributed by atoms with Crippen molar-refractivity contribution in [2.75, 3.05) is 11.1 Å². The Hall–Kier alpha value is -1.67. The number of hydrogen-bond donors (Lipinski definition) is 1. The number of nitrogens with one attached hydrogen (secondary N) is 1. The predicted octanol–water partition coefficient (Wildman–Crippen LogP) is 2.93. The third kappa shape index (κ3) is 4.68. The Bertz CT molecular complexity index is 609. The molecule has 0 aliphatic heterocycles. The largest absolute Gasteiger partial charge is 0.323 e. The van der Waals surface area contributed by atoms with E-state index in [0.717, 1.165) is 11.8 Å². The molecule has 0 aliphatic rings. The van der Waals surface area contributed by atoms with Crippen LogP contribution < -0.4 is 5.32 Å². The van der Waals surface area contributed by atoms with Gasteiger partial charge in [-0.15, -0.1) is 11.8 Å². The van der Waals surface area contributed by atoms with Crippen LogP contribution in [0.5, 0.6) is 0 Å². The second-order valence-corrected chi connectivity index (χ2v) is 5.40. The first kappa shape index (κ1) is 15.7. The van der Waals surface area contributed by atoms with E-state index in [1.54, 1.807) is 18.2 Å². The van der Waals surface area contributed by atoms with Gasteiger partial charge in [0.2, 0.25) is 12.3 Å². The molecule has 1 aromatic carbocycles. The molecule has 1 N–H and O–H groups in total. The molecule has 0 radical (unpaired) electrons. The number of aromatic nitrogens is 3. The maximum atomic E-state index is 12.3. The van der Waals surface area contributed by atoms with Crippen LogP contribution in [0.4, 0.5) is 14.5 Å². The van der Waals surface area contributed by atoms with Gasteiger partial charge in [-0.1, -0.05) is 17.7 Å². The maximum Gasteiger partial charge on any atom is 0.247 e. The lowest BCUT2D eigenvalue weighted by atomic mass is 10.3. The van der Waals surface area contributed by atoms with Gasteiger partial charge in [-0.3, -0.25) is 4.79 Å². The first-order valence-corrected chi connectivity index (χ1v) is 7.24. The molecule has 0 bridgehead atoms. The van der Waals surface area contributed by atoms with Crippen LogP contribution in [0.1, 0.15) is 0 Å². The molecule has 0 atom stereocenters. The summed E-state index contributed by atoms with van der Waals surface area (Å²) < 4.78 is 26.0. The SMILES string of the molecule is O=C(Cn1cncn1)Nc1cccc(Cl)c1SCC(F)F. The van der Waals surface area contributed by atoms with Crippen molar-refractivity contribution < 1.29 is 13.6 Å². The summed E-state index contributed by atoms with van der Waals surface area (Å²) in [6, 6.07) is 4.83. The van der Waals surface area contributed by atoms with Crippen LogP contribution in [0.2, 0.25) is 5.02 Å². The Morgan fingerprint density at radius 1 is 1.48 bits per heavy atom. The van der Waals surface area contributed by atoms with E-state index in [2.05, 4.69) is 15.4 Å². The monoisotopic (exact) mass is 332 g/mol. The molecule has 2 rings (SSSR count). The highest BCUT2D eigenvalue weighted by atomic mass is 35.5.